The van der Waals surface area contributed by atoms with Crippen molar-refractivity contribution in [1.29, 1.82) is 0 Å². The maximum atomic E-state index is 12.3. The lowest BCUT2D eigenvalue weighted by atomic mass is 9.86. The highest BCUT2D eigenvalue weighted by atomic mass is 16.1. The predicted octanol–water partition coefficient (Wildman–Crippen LogP) is 1.13. The summed E-state index contributed by atoms with van der Waals surface area (Å²) in [5.74, 6) is 0.503. The molecule has 26 heavy (non-hydrogen) atoms. The third kappa shape index (κ3) is 3.80. The van der Waals surface area contributed by atoms with Crippen LogP contribution in [0.5, 0.6) is 0 Å². The van der Waals surface area contributed by atoms with Crippen molar-refractivity contribution in [3.63, 3.8) is 0 Å². The van der Waals surface area contributed by atoms with Gasteiger partial charge in [0.05, 0.1) is 18.3 Å². The van der Waals surface area contributed by atoms with E-state index in [1.807, 2.05) is 17.9 Å². The first-order valence-corrected chi connectivity index (χ1v) is 9.55. The Kier molecular flexibility index (Phi) is 5.01. The van der Waals surface area contributed by atoms with Gasteiger partial charge in [0.25, 0.3) is 0 Å². The van der Waals surface area contributed by atoms with E-state index in [2.05, 4.69) is 31.5 Å². The number of hydrogen-bond donors (Lipinski definition) is 1. The van der Waals surface area contributed by atoms with Gasteiger partial charge in [-0.15, -0.1) is 0 Å². The molecule has 1 amide bonds. The first kappa shape index (κ1) is 17.2. The number of aryl methyl sites for hydroxylation is 2. The van der Waals surface area contributed by atoms with Crippen molar-refractivity contribution in [1.82, 2.24) is 34.8 Å². The summed E-state index contributed by atoms with van der Waals surface area (Å²) in [7, 11) is 2.02. The number of aromatic nitrogens is 5. The summed E-state index contributed by atoms with van der Waals surface area (Å²) in [6, 6.07) is 3.19. The molecule has 2 aliphatic rings. The van der Waals surface area contributed by atoms with E-state index < -0.39 is 0 Å². The van der Waals surface area contributed by atoms with Crippen molar-refractivity contribution in [3.8, 4) is 0 Å². The van der Waals surface area contributed by atoms with Crippen LogP contribution in [0.2, 0.25) is 0 Å². The Bertz CT molecular complexity index is 722. The third-order valence-corrected chi connectivity index (χ3v) is 5.57. The average molecular weight is 357 g/mol. The molecule has 1 saturated heterocycles. The van der Waals surface area contributed by atoms with Crippen LogP contribution in [0.1, 0.15) is 43.8 Å². The molecule has 1 saturated carbocycles. The largest absolute Gasteiger partial charge is 0.356 e. The molecule has 0 radical (unpaired) electrons. The molecule has 1 N–H and O–H groups in total. The van der Waals surface area contributed by atoms with Crippen LogP contribution < -0.4 is 5.32 Å². The van der Waals surface area contributed by atoms with Gasteiger partial charge in [-0.3, -0.25) is 19.1 Å². The highest BCUT2D eigenvalue weighted by Gasteiger charge is 2.41. The fourth-order valence-electron chi connectivity index (χ4n) is 4.12. The number of rotatable bonds is 7. The minimum absolute atomic E-state index is 0.0767. The fraction of sp³-hybridized carbons (Fsp3) is 0.667. The van der Waals surface area contributed by atoms with Gasteiger partial charge >= 0.3 is 0 Å². The second kappa shape index (κ2) is 7.57. The molecular weight excluding hydrogens is 330 g/mol. The van der Waals surface area contributed by atoms with E-state index >= 15 is 0 Å². The number of nitrogens with zero attached hydrogens (tertiary/aromatic N) is 6. The Morgan fingerprint density at radius 2 is 2.19 bits per heavy atom. The second-order valence-corrected chi connectivity index (χ2v) is 7.41. The average Bonchev–Trinajstić information content (AvgIpc) is 3.19. The summed E-state index contributed by atoms with van der Waals surface area (Å²) in [5, 5.41) is 11.6. The van der Waals surface area contributed by atoms with Gasteiger partial charge in [0.1, 0.15) is 12.7 Å². The van der Waals surface area contributed by atoms with Crippen molar-refractivity contribution in [3.05, 3.63) is 30.6 Å². The number of carbonyl (C=O) groups is 1. The lowest BCUT2D eigenvalue weighted by Crippen LogP contribution is -2.45. The van der Waals surface area contributed by atoms with Crippen molar-refractivity contribution in [2.24, 2.45) is 13.0 Å². The van der Waals surface area contributed by atoms with Crippen molar-refractivity contribution >= 4 is 5.91 Å². The third-order valence-electron chi connectivity index (χ3n) is 5.57. The molecule has 2 atom stereocenters. The van der Waals surface area contributed by atoms with Gasteiger partial charge in [-0.25, -0.2) is 4.98 Å². The van der Waals surface area contributed by atoms with Gasteiger partial charge in [-0.05, 0) is 44.2 Å². The van der Waals surface area contributed by atoms with E-state index in [-0.39, 0.29) is 5.91 Å². The normalized spacial score (nSPS) is 23.9. The Morgan fingerprint density at radius 1 is 1.31 bits per heavy atom. The zero-order valence-electron chi connectivity index (χ0n) is 15.3. The molecule has 0 aromatic carbocycles. The molecular formula is C18H27N7O. The van der Waals surface area contributed by atoms with Gasteiger partial charge in [0, 0.05) is 32.3 Å². The maximum Gasteiger partial charge on any atom is 0.221 e. The van der Waals surface area contributed by atoms with Gasteiger partial charge < -0.3 is 5.32 Å². The molecule has 1 aliphatic heterocycles. The first-order chi connectivity index (χ1) is 12.7. The number of hydrogen-bond acceptors (Lipinski definition) is 5. The Hall–Kier alpha value is -2.22. The van der Waals surface area contributed by atoms with Gasteiger partial charge in [-0.2, -0.15) is 10.2 Å². The SMILES string of the molecule is Cn1nccc1[C@H]1[C@H](CNC(=O)CCn2cncn2)CCCN1C1CC1. The van der Waals surface area contributed by atoms with E-state index in [9.17, 15) is 4.79 Å². The predicted molar refractivity (Wildman–Crippen MR) is 96.0 cm³/mol. The number of piperidine rings is 1. The molecule has 0 bridgehead atoms. The number of nitrogens with one attached hydrogen (secondary N) is 1. The Labute approximate surface area is 153 Å². The quantitative estimate of drug-likeness (QED) is 0.803. The zero-order valence-corrected chi connectivity index (χ0v) is 15.3. The molecule has 3 heterocycles. The summed E-state index contributed by atoms with van der Waals surface area (Å²) in [6.07, 6.45) is 10.4. The summed E-state index contributed by atoms with van der Waals surface area (Å²) < 4.78 is 3.68. The second-order valence-electron chi connectivity index (χ2n) is 7.41. The van der Waals surface area contributed by atoms with Crippen molar-refractivity contribution in [2.75, 3.05) is 13.1 Å². The minimum Gasteiger partial charge on any atom is -0.356 e. The number of likely N-dealkylation sites (tertiary alicyclic amines) is 1. The van der Waals surface area contributed by atoms with E-state index in [1.165, 1.54) is 31.3 Å². The lowest BCUT2D eigenvalue weighted by Gasteiger charge is -2.41. The number of amides is 1. The Balaban J connectivity index is 1.38. The summed E-state index contributed by atoms with van der Waals surface area (Å²) in [4.78, 5) is 18.8. The molecule has 0 spiro atoms. The van der Waals surface area contributed by atoms with Gasteiger partial charge in [0.15, 0.2) is 0 Å². The van der Waals surface area contributed by atoms with E-state index in [0.29, 0.717) is 31.0 Å². The maximum absolute atomic E-state index is 12.3. The smallest absolute Gasteiger partial charge is 0.221 e. The van der Waals surface area contributed by atoms with Crippen LogP contribution in [0.15, 0.2) is 24.9 Å². The highest BCUT2D eigenvalue weighted by molar-refractivity contribution is 5.75. The van der Waals surface area contributed by atoms with Crippen LogP contribution >= 0.6 is 0 Å². The van der Waals surface area contributed by atoms with Crippen molar-refractivity contribution < 1.29 is 4.79 Å². The van der Waals surface area contributed by atoms with Crippen LogP contribution in [0.25, 0.3) is 0 Å². The van der Waals surface area contributed by atoms with E-state index in [0.717, 1.165) is 19.5 Å². The molecule has 8 heteroatoms. The van der Waals surface area contributed by atoms with Crippen LogP contribution in [0.3, 0.4) is 0 Å². The zero-order chi connectivity index (χ0) is 17.9. The molecule has 8 nitrogen and oxygen atoms in total. The van der Waals surface area contributed by atoms with Gasteiger partial charge in [-0.1, -0.05) is 0 Å². The minimum atomic E-state index is 0.0767. The molecule has 1 aliphatic carbocycles. The van der Waals surface area contributed by atoms with Gasteiger partial charge in [0.2, 0.25) is 5.91 Å². The molecule has 140 valence electrons. The van der Waals surface area contributed by atoms with Crippen LogP contribution in [-0.2, 0) is 18.4 Å². The molecule has 2 fully saturated rings. The molecule has 2 aromatic heterocycles. The molecule has 0 unspecified atom stereocenters. The van der Waals surface area contributed by atoms with E-state index in [1.54, 1.807) is 11.0 Å². The monoisotopic (exact) mass is 357 g/mol. The fourth-order valence-corrected chi connectivity index (χ4v) is 4.12. The number of carbonyl (C=O) groups excluding carboxylic acids is 1. The lowest BCUT2D eigenvalue weighted by molar-refractivity contribution is -0.121. The summed E-state index contributed by atoms with van der Waals surface area (Å²) in [6.45, 7) is 2.43. The van der Waals surface area contributed by atoms with Crippen LogP contribution in [0, 0.1) is 5.92 Å². The molecule has 4 rings (SSSR count). The van der Waals surface area contributed by atoms with Crippen LogP contribution in [-0.4, -0.2) is 54.5 Å². The van der Waals surface area contributed by atoms with E-state index in [4.69, 9.17) is 0 Å². The molecule has 2 aromatic rings. The summed E-state index contributed by atoms with van der Waals surface area (Å²) in [5.41, 5.74) is 1.26. The highest BCUT2D eigenvalue weighted by Crippen LogP contribution is 2.42. The Morgan fingerprint density at radius 3 is 2.88 bits per heavy atom. The first-order valence-electron chi connectivity index (χ1n) is 9.55. The van der Waals surface area contributed by atoms with Crippen LogP contribution in [0.4, 0.5) is 0 Å². The standard InChI is InChI=1S/C18H27N7O/c1-23-16(6-8-21-23)18-14(3-2-9-25(18)15-4-5-15)11-20-17(26)7-10-24-13-19-12-22-24/h6,8,12-15,18H,2-5,7,9-11H2,1H3,(H,20,26)/t14-,18+/m0/s1. The van der Waals surface area contributed by atoms with Crippen molar-refractivity contribution in [2.45, 2.75) is 50.7 Å². The summed E-state index contributed by atoms with van der Waals surface area (Å²) >= 11 is 0. The topological polar surface area (TPSA) is 80.9 Å².